The van der Waals surface area contributed by atoms with Crippen molar-refractivity contribution in [1.82, 2.24) is 0 Å². The lowest BCUT2D eigenvalue weighted by Crippen LogP contribution is -2.36. The summed E-state index contributed by atoms with van der Waals surface area (Å²) in [6.45, 7) is 2.70. The van der Waals surface area contributed by atoms with Crippen LogP contribution in [0.5, 0.6) is 0 Å². The Balaban J connectivity index is 3.33. The van der Waals surface area contributed by atoms with Gasteiger partial charge in [0, 0.05) is 0 Å². The molecule has 108 valence electrons. The highest BCUT2D eigenvalue weighted by molar-refractivity contribution is 7.92. The van der Waals surface area contributed by atoms with Crippen molar-refractivity contribution in [2.75, 3.05) is 11.9 Å². The Bertz CT molecular complexity index is 553. The summed E-state index contributed by atoms with van der Waals surface area (Å²) in [5.41, 5.74) is -6.51. The van der Waals surface area contributed by atoms with E-state index < -0.39 is 25.8 Å². The number of anilines is 1. The topological polar surface area (TPSA) is 66.4 Å². The van der Waals surface area contributed by atoms with Crippen molar-refractivity contribution < 1.29 is 26.7 Å². The molecule has 0 bridgehead atoms. The third-order valence-corrected chi connectivity index (χ3v) is 3.89. The quantitative estimate of drug-likeness (QED) is 0.894. The van der Waals surface area contributed by atoms with Gasteiger partial charge in [-0.2, -0.15) is 13.2 Å². The van der Waals surface area contributed by atoms with Gasteiger partial charge >= 0.3 is 5.51 Å². The minimum Gasteiger partial charge on any atom is -0.394 e. The van der Waals surface area contributed by atoms with Crippen LogP contribution in [0.3, 0.4) is 0 Å². The summed E-state index contributed by atoms with van der Waals surface area (Å²) in [6.07, 6.45) is 0. The van der Waals surface area contributed by atoms with Crippen molar-refractivity contribution in [3.63, 3.8) is 0 Å². The van der Waals surface area contributed by atoms with Gasteiger partial charge in [0.05, 0.1) is 22.7 Å². The summed E-state index contributed by atoms with van der Waals surface area (Å²) < 4.78 is 60.5. The summed E-state index contributed by atoms with van der Waals surface area (Å²) in [7, 11) is -5.43. The predicted molar refractivity (Wildman–Crippen MR) is 64.5 cm³/mol. The molecule has 0 unspecified atom stereocenters. The van der Waals surface area contributed by atoms with E-state index >= 15 is 0 Å². The zero-order valence-electron chi connectivity index (χ0n) is 10.3. The molecule has 19 heavy (non-hydrogen) atoms. The number of aliphatic hydroxyl groups excluding tert-OH is 1. The Morgan fingerprint density at radius 1 is 1.21 bits per heavy atom. The largest absolute Gasteiger partial charge is 0.501 e. The molecule has 4 nitrogen and oxygen atoms in total. The maximum absolute atomic E-state index is 12.5. The zero-order chi connectivity index (χ0) is 14.9. The van der Waals surface area contributed by atoms with Crippen LogP contribution in [0.25, 0.3) is 0 Å². The van der Waals surface area contributed by atoms with E-state index in [4.69, 9.17) is 5.11 Å². The Labute approximate surface area is 109 Å². The molecule has 1 aromatic carbocycles. The average Bonchev–Trinajstić information content (AvgIpc) is 2.27. The molecular weight excluding hydrogens is 283 g/mol. The van der Waals surface area contributed by atoms with Gasteiger partial charge < -0.3 is 10.4 Å². The number of nitrogens with one attached hydrogen (secondary N) is 1. The first kappa shape index (κ1) is 15.8. The number of hydrogen-bond donors (Lipinski definition) is 2. The molecule has 0 heterocycles. The van der Waals surface area contributed by atoms with Gasteiger partial charge in [-0.15, -0.1) is 0 Å². The molecule has 1 rings (SSSR count). The van der Waals surface area contributed by atoms with Crippen LogP contribution in [0.1, 0.15) is 13.8 Å². The normalized spacial score (nSPS) is 13.4. The number of para-hydroxylation sites is 1. The molecule has 2 N–H and O–H groups in total. The number of hydrogen-bond acceptors (Lipinski definition) is 4. The average molecular weight is 297 g/mol. The van der Waals surface area contributed by atoms with Crippen LogP contribution in [0.15, 0.2) is 29.2 Å². The second-order valence-corrected chi connectivity index (χ2v) is 6.52. The molecule has 0 atom stereocenters. The molecular formula is C11H14F3NO3S. The Hall–Kier alpha value is -1.28. The van der Waals surface area contributed by atoms with E-state index in [1.807, 2.05) is 0 Å². The molecule has 0 aliphatic rings. The maximum Gasteiger partial charge on any atom is 0.501 e. The Kier molecular flexibility index (Phi) is 4.16. The number of alkyl halides is 3. The van der Waals surface area contributed by atoms with E-state index in [9.17, 15) is 21.6 Å². The van der Waals surface area contributed by atoms with Crippen LogP contribution in [-0.4, -0.2) is 31.2 Å². The fourth-order valence-corrected chi connectivity index (χ4v) is 2.25. The van der Waals surface area contributed by atoms with Gasteiger partial charge in [0.25, 0.3) is 9.84 Å². The van der Waals surface area contributed by atoms with Gasteiger partial charge in [0.1, 0.15) is 0 Å². The van der Waals surface area contributed by atoms with Gasteiger partial charge in [-0.25, -0.2) is 8.42 Å². The highest BCUT2D eigenvalue weighted by Gasteiger charge is 2.48. The van der Waals surface area contributed by atoms with Crippen LogP contribution in [0, 0.1) is 0 Å². The summed E-state index contributed by atoms with van der Waals surface area (Å²) in [5, 5.41) is 11.7. The minimum atomic E-state index is -5.43. The first-order chi connectivity index (χ1) is 8.51. The number of benzene rings is 1. The van der Waals surface area contributed by atoms with Gasteiger partial charge in [-0.1, -0.05) is 12.1 Å². The number of aliphatic hydroxyl groups is 1. The Morgan fingerprint density at radius 2 is 1.74 bits per heavy atom. The highest BCUT2D eigenvalue weighted by Crippen LogP contribution is 2.35. The van der Waals surface area contributed by atoms with Crippen molar-refractivity contribution in [2.45, 2.75) is 29.8 Å². The van der Waals surface area contributed by atoms with Crippen molar-refractivity contribution in [3.05, 3.63) is 24.3 Å². The molecule has 0 amide bonds. The molecule has 0 aliphatic heterocycles. The van der Waals surface area contributed by atoms with Crippen LogP contribution in [0.4, 0.5) is 18.9 Å². The molecule has 0 aromatic heterocycles. The maximum atomic E-state index is 12.5. The zero-order valence-corrected chi connectivity index (χ0v) is 11.1. The van der Waals surface area contributed by atoms with Crippen molar-refractivity contribution in [3.8, 4) is 0 Å². The van der Waals surface area contributed by atoms with Gasteiger partial charge in [-0.3, -0.25) is 0 Å². The second-order valence-electron chi connectivity index (χ2n) is 4.61. The lowest BCUT2D eigenvalue weighted by molar-refractivity contribution is -0.0435. The first-order valence-corrected chi connectivity index (χ1v) is 6.79. The van der Waals surface area contributed by atoms with E-state index in [-0.39, 0.29) is 12.3 Å². The molecule has 1 aromatic rings. The summed E-state index contributed by atoms with van der Waals surface area (Å²) >= 11 is 0. The fraction of sp³-hybridized carbons (Fsp3) is 0.455. The van der Waals surface area contributed by atoms with Crippen molar-refractivity contribution in [2.24, 2.45) is 0 Å². The van der Waals surface area contributed by atoms with Gasteiger partial charge in [0.15, 0.2) is 0 Å². The molecule has 0 radical (unpaired) electrons. The van der Waals surface area contributed by atoms with Crippen molar-refractivity contribution >= 4 is 15.5 Å². The van der Waals surface area contributed by atoms with Gasteiger partial charge in [-0.05, 0) is 26.0 Å². The van der Waals surface area contributed by atoms with E-state index in [0.717, 1.165) is 6.07 Å². The van der Waals surface area contributed by atoms with E-state index in [1.54, 1.807) is 0 Å². The summed E-state index contributed by atoms with van der Waals surface area (Å²) in [6, 6.07) is 4.70. The standard InChI is InChI=1S/C11H14F3NO3S/c1-10(2,7-16)15-8-5-3-4-6-9(8)19(17,18)11(12,13)14/h3-6,15-16H,7H2,1-2H3. The molecule has 0 spiro atoms. The molecule has 0 fully saturated rings. The molecule has 0 saturated carbocycles. The lowest BCUT2D eigenvalue weighted by Gasteiger charge is -2.26. The molecule has 8 heteroatoms. The van der Waals surface area contributed by atoms with Crippen LogP contribution in [0.2, 0.25) is 0 Å². The molecule has 0 saturated heterocycles. The third kappa shape index (κ3) is 3.38. The predicted octanol–water partition coefficient (Wildman–Crippen LogP) is 2.16. The summed E-state index contributed by atoms with van der Waals surface area (Å²) in [5.74, 6) is 0. The van der Waals surface area contributed by atoms with Crippen LogP contribution < -0.4 is 5.32 Å². The van der Waals surface area contributed by atoms with E-state index in [0.29, 0.717) is 0 Å². The third-order valence-electron chi connectivity index (χ3n) is 2.35. The lowest BCUT2D eigenvalue weighted by atomic mass is 10.1. The van der Waals surface area contributed by atoms with Crippen molar-refractivity contribution in [1.29, 1.82) is 0 Å². The second kappa shape index (κ2) is 5.01. The Morgan fingerprint density at radius 3 is 2.21 bits per heavy atom. The summed E-state index contributed by atoms with van der Waals surface area (Å²) in [4.78, 5) is -0.857. The van der Waals surface area contributed by atoms with E-state index in [2.05, 4.69) is 5.32 Å². The van der Waals surface area contributed by atoms with Crippen LogP contribution >= 0.6 is 0 Å². The molecule has 0 aliphatic carbocycles. The number of halogens is 3. The highest BCUT2D eigenvalue weighted by atomic mass is 32.2. The fourth-order valence-electron chi connectivity index (χ4n) is 1.33. The van der Waals surface area contributed by atoms with E-state index in [1.165, 1.54) is 32.0 Å². The minimum absolute atomic E-state index is 0.195. The van der Waals surface area contributed by atoms with Gasteiger partial charge in [0.2, 0.25) is 0 Å². The number of rotatable bonds is 4. The smallest absolute Gasteiger partial charge is 0.394 e. The monoisotopic (exact) mass is 297 g/mol. The van der Waals surface area contributed by atoms with Crippen LogP contribution in [-0.2, 0) is 9.84 Å². The first-order valence-electron chi connectivity index (χ1n) is 5.31. The SMILES string of the molecule is CC(C)(CO)Nc1ccccc1S(=O)(=O)C(F)(F)F. The number of sulfone groups is 1.